The molecular formula is C10H11IO2. The predicted octanol–water partition coefficient (Wildman–Crippen LogP) is 2.37. The van der Waals surface area contributed by atoms with Crippen LogP contribution in [0.15, 0.2) is 18.2 Å². The van der Waals surface area contributed by atoms with Crippen molar-refractivity contribution in [2.75, 3.05) is 0 Å². The van der Waals surface area contributed by atoms with Crippen molar-refractivity contribution in [3.05, 3.63) is 27.3 Å². The van der Waals surface area contributed by atoms with Crippen molar-refractivity contribution < 1.29 is 9.90 Å². The topological polar surface area (TPSA) is 37.3 Å². The molecule has 0 saturated carbocycles. The number of carbonyl (C=O) groups is 1. The predicted molar refractivity (Wildman–Crippen MR) is 59.8 cm³/mol. The lowest BCUT2D eigenvalue weighted by atomic mass is 10.0. The number of phenols is 1. The quantitative estimate of drug-likeness (QED) is 0.685. The average Bonchev–Trinajstić information content (AvgIpc) is 2.13. The van der Waals surface area contributed by atoms with E-state index in [-0.39, 0.29) is 5.92 Å². The van der Waals surface area contributed by atoms with Gasteiger partial charge < -0.3 is 9.90 Å². The van der Waals surface area contributed by atoms with E-state index in [1.54, 1.807) is 0 Å². The molecule has 0 aliphatic carbocycles. The highest BCUT2D eigenvalue weighted by molar-refractivity contribution is 14.1. The maximum atomic E-state index is 10.4. The lowest BCUT2D eigenvalue weighted by Gasteiger charge is -2.07. The van der Waals surface area contributed by atoms with Gasteiger partial charge in [0, 0.05) is 5.92 Å². The Morgan fingerprint density at radius 2 is 2.31 bits per heavy atom. The molecule has 0 heterocycles. The summed E-state index contributed by atoms with van der Waals surface area (Å²) in [4.78, 5) is 10.4. The van der Waals surface area contributed by atoms with Gasteiger partial charge in [-0.15, -0.1) is 0 Å². The number of hydrogen-bond donors (Lipinski definition) is 1. The molecule has 0 radical (unpaired) electrons. The van der Waals surface area contributed by atoms with E-state index in [0.29, 0.717) is 12.2 Å². The highest BCUT2D eigenvalue weighted by Crippen LogP contribution is 2.25. The summed E-state index contributed by atoms with van der Waals surface area (Å²) < 4.78 is 0.827. The first-order valence-corrected chi connectivity index (χ1v) is 5.14. The summed E-state index contributed by atoms with van der Waals surface area (Å²) in [5.41, 5.74) is 0.839. The molecule has 0 spiro atoms. The summed E-state index contributed by atoms with van der Waals surface area (Å²) in [5.74, 6) is 0.265. The van der Waals surface area contributed by atoms with Crippen LogP contribution in [0.1, 0.15) is 12.5 Å². The smallest absolute Gasteiger partial charge is 0.132 e. The molecule has 1 aromatic rings. The van der Waals surface area contributed by atoms with Crippen molar-refractivity contribution in [1.82, 2.24) is 0 Å². The van der Waals surface area contributed by atoms with E-state index >= 15 is 0 Å². The highest BCUT2D eigenvalue weighted by Gasteiger charge is 2.07. The maximum absolute atomic E-state index is 10.4. The Labute approximate surface area is 91.1 Å². The van der Waals surface area contributed by atoms with E-state index in [1.165, 1.54) is 0 Å². The van der Waals surface area contributed by atoms with Crippen molar-refractivity contribution >= 4 is 28.9 Å². The number of rotatable bonds is 3. The minimum atomic E-state index is -0.0379. The summed E-state index contributed by atoms with van der Waals surface area (Å²) in [6.07, 6.45) is 1.51. The number of aldehydes is 1. The third-order valence-electron chi connectivity index (χ3n) is 1.84. The number of hydrogen-bond acceptors (Lipinski definition) is 2. The molecule has 70 valence electrons. The molecule has 0 saturated heterocycles. The Morgan fingerprint density at radius 1 is 1.62 bits per heavy atom. The van der Waals surface area contributed by atoms with Crippen LogP contribution in [0.4, 0.5) is 0 Å². The normalized spacial score (nSPS) is 12.5. The second-order valence-corrected chi connectivity index (χ2v) is 4.23. The van der Waals surface area contributed by atoms with Crippen LogP contribution < -0.4 is 0 Å². The first kappa shape index (κ1) is 10.5. The SMILES string of the molecule is CC(C=O)Cc1cccc(I)c1O. The van der Waals surface area contributed by atoms with E-state index < -0.39 is 0 Å². The molecule has 0 amide bonds. The second-order valence-electron chi connectivity index (χ2n) is 3.07. The van der Waals surface area contributed by atoms with Crippen molar-refractivity contribution in [3.8, 4) is 5.75 Å². The molecule has 0 aromatic heterocycles. The third kappa shape index (κ3) is 2.69. The molecule has 1 rings (SSSR count). The van der Waals surface area contributed by atoms with Gasteiger partial charge in [-0.1, -0.05) is 19.1 Å². The van der Waals surface area contributed by atoms with Gasteiger partial charge in [0.2, 0.25) is 0 Å². The van der Waals surface area contributed by atoms with Crippen LogP contribution in [0, 0.1) is 9.49 Å². The van der Waals surface area contributed by atoms with Crippen molar-refractivity contribution in [2.24, 2.45) is 5.92 Å². The molecule has 3 heteroatoms. The van der Waals surface area contributed by atoms with Crippen LogP contribution in [0.25, 0.3) is 0 Å². The standard InChI is InChI=1S/C10H11IO2/c1-7(6-12)5-8-3-2-4-9(11)10(8)13/h2-4,6-7,13H,5H2,1H3. The highest BCUT2D eigenvalue weighted by atomic mass is 127. The summed E-state index contributed by atoms with van der Waals surface area (Å²) in [5, 5.41) is 9.62. The van der Waals surface area contributed by atoms with E-state index in [2.05, 4.69) is 22.6 Å². The lowest BCUT2D eigenvalue weighted by Crippen LogP contribution is -2.01. The third-order valence-corrected chi connectivity index (χ3v) is 2.72. The zero-order valence-electron chi connectivity index (χ0n) is 7.33. The molecule has 0 bridgehead atoms. The number of para-hydroxylation sites is 1. The molecule has 1 N–H and O–H groups in total. The van der Waals surface area contributed by atoms with Crippen molar-refractivity contribution in [2.45, 2.75) is 13.3 Å². The van der Waals surface area contributed by atoms with Crippen molar-refractivity contribution in [1.29, 1.82) is 0 Å². The van der Waals surface area contributed by atoms with E-state index in [0.717, 1.165) is 15.4 Å². The first-order chi connectivity index (χ1) is 6.15. The molecular weight excluding hydrogens is 279 g/mol. The molecule has 0 aliphatic rings. The van der Waals surface area contributed by atoms with Crippen LogP contribution >= 0.6 is 22.6 Å². The van der Waals surface area contributed by atoms with Gasteiger partial charge in [0.15, 0.2) is 0 Å². The van der Waals surface area contributed by atoms with Gasteiger partial charge in [-0.3, -0.25) is 0 Å². The summed E-state index contributed by atoms with van der Waals surface area (Å²) in [6, 6.07) is 5.57. The zero-order valence-corrected chi connectivity index (χ0v) is 9.48. The van der Waals surface area contributed by atoms with Gasteiger partial charge in [0.1, 0.15) is 12.0 Å². The molecule has 0 aliphatic heterocycles. The van der Waals surface area contributed by atoms with E-state index in [9.17, 15) is 9.90 Å². The van der Waals surface area contributed by atoms with Gasteiger partial charge in [-0.25, -0.2) is 0 Å². The number of halogens is 1. The minimum Gasteiger partial charge on any atom is -0.507 e. The van der Waals surface area contributed by atoms with Crippen LogP contribution in [0.5, 0.6) is 5.75 Å². The maximum Gasteiger partial charge on any atom is 0.132 e. The Kier molecular flexibility index (Phi) is 3.71. The zero-order chi connectivity index (χ0) is 9.84. The number of benzene rings is 1. The number of aromatic hydroxyl groups is 1. The molecule has 0 fully saturated rings. The fourth-order valence-corrected chi connectivity index (χ4v) is 1.67. The monoisotopic (exact) mass is 290 g/mol. The van der Waals surface area contributed by atoms with E-state index in [4.69, 9.17) is 0 Å². The molecule has 2 nitrogen and oxygen atoms in total. The molecule has 1 aromatic carbocycles. The Balaban J connectivity index is 2.88. The Morgan fingerprint density at radius 3 is 2.92 bits per heavy atom. The summed E-state index contributed by atoms with van der Waals surface area (Å²) in [6.45, 7) is 1.84. The Bertz CT molecular complexity index is 310. The number of phenolic OH excluding ortho intramolecular Hbond substituents is 1. The van der Waals surface area contributed by atoms with Crippen LogP contribution in [-0.4, -0.2) is 11.4 Å². The van der Waals surface area contributed by atoms with Crippen LogP contribution in [-0.2, 0) is 11.2 Å². The van der Waals surface area contributed by atoms with E-state index in [1.807, 2.05) is 25.1 Å². The lowest BCUT2D eigenvalue weighted by molar-refractivity contribution is -0.110. The summed E-state index contributed by atoms with van der Waals surface area (Å²) in [7, 11) is 0. The van der Waals surface area contributed by atoms with Gasteiger partial charge in [-0.2, -0.15) is 0 Å². The van der Waals surface area contributed by atoms with Crippen molar-refractivity contribution in [3.63, 3.8) is 0 Å². The largest absolute Gasteiger partial charge is 0.507 e. The van der Waals surface area contributed by atoms with Gasteiger partial charge in [0.25, 0.3) is 0 Å². The van der Waals surface area contributed by atoms with Gasteiger partial charge >= 0.3 is 0 Å². The average molecular weight is 290 g/mol. The first-order valence-electron chi connectivity index (χ1n) is 4.06. The van der Waals surface area contributed by atoms with Gasteiger partial charge in [-0.05, 0) is 40.6 Å². The fraction of sp³-hybridized carbons (Fsp3) is 0.300. The van der Waals surface area contributed by atoms with Crippen LogP contribution in [0.2, 0.25) is 0 Å². The second kappa shape index (κ2) is 4.60. The molecule has 13 heavy (non-hydrogen) atoms. The number of carbonyl (C=O) groups excluding carboxylic acids is 1. The minimum absolute atomic E-state index is 0.0379. The van der Waals surface area contributed by atoms with Crippen LogP contribution in [0.3, 0.4) is 0 Å². The van der Waals surface area contributed by atoms with Gasteiger partial charge in [0.05, 0.1) is 3.57 Å². The molecule has 1 atom stereocenters. The fourth-order valence-electron chi connectivity index (χ4n) is 1.12. The summed E-state index contributed by atoms with van der Waals surface area (Å²) >= 11 is 2.07. The Hall–Kier alpha value is -0.580. The molecule has 1 unspecified atom stereocenters.